The average Bonchev–Trinajstić information content (AvgIpc) is 2.78. The van der Waals surface area contributed by atoms with E-state index in [1.807, 2.05) is 91.9 Å². The molecule has 0 aliphatic carbocycles. The SMILES string of the molecule is CC1=C(C(=O)c2ccccc2)C(c2ccccc2OCc2ccccc2)NC(=S)N1. The highest BCUT2D eigenvalue weighted by atomic mass is 32.1. The van der Waals surface area contributed by atoms with E-state index < -0.39 is 6.04 Å². The van der Waals surface area contributed by atoms with Crippen molar-refractivity contribution < 1.29 is 9.53 Å². The van der Waals surface area contributed by atoms with E-state index in [0.717, 1.165) is 22.6 Å². The van der Waals surface area contributed by atoms with Crippen LogP contribution in [0.15, 0.2) is 96.2 Å². The molecule has 30 heavy (non-hydrogen) atoms. The fourth-order valence-electron chi connectivity index (χ4n) is 3.56. The van der Waals surface area contributed by atoms with Crippen molar-refractivity contribution in [2.45, 2.75) is 19.6 Å². The topological polar surface area (TPSA) is 50.4 Å². The number of allylic oxidation sites excluding steroid dienone is 1. The average molecular weight is 415 g/mol. The van der Waals surface area contributed by atoms with Crippen LogP contribution < -0.4 is 15.4 Å². The zero-order valence-corrected chi connectivity index (χ0v) is 17.4. The molecule has 3 aromatic carbocycles. The lowest BCUT2D eigenvalue weighted by Gasteiger charge is -2.31. The zero-order chi connectivity index (χ0) is 20.9. The van der Waals surface area contributed by atoms with Gasteiger partial charge in [-0.1, -0.05) is 78.9 Å². The Morgan fingerprint density at radius 1 is 0.933 bits per heavy atom. The summed E-state index contributed by atoms with van der Waals surface area (Å²) in [6.45, 7) is 2.32. The molecule has 5 heteroatoms. The number of ether oxygens (including phenoxy) is 1. The van der Waals surface area contributed by atoms with Gasteiger partial charge in [0.2, 0.25) is 0 Å². The van der Waals surface area contributed by atoms with Crippen molar-refractivity contribution in [1.29, 1.82) is 0 Å². The van der Waals surface area contributed by atoms with Gasteiger partial charge < -0.3 is 15.4 Å². The number of hydrogen-bond donors (Lipinski definition) is 2. The maximum atomic E-state index is 13.4. The number of rotatable bonds is 6. The summed E-state index contributed by atoms with van der Waals surface area (Å²) in [5, 5.41) is 6.85. The van der Waals surface area contributed by atoms with Crippen LogP contribution in [0.4, 0.5) is 0 Å². The normalized spacial score (nSPS) is 15.9. The van der Waals surface area contributed by atoms with Gasteiger partial charge in [-0.25, -0.2) is 0 Å². The lowest BCUT2D eigenvalue weighted by Crippen LogP contribution is -2.45. The second-order valence-electron chi connectivity index (χ2n) is 7.08. The summed E-state index contributed by atoms with van der Waals surface area (Å²) in [5.41, 5.74) is 3.96. The molecule has 0 amide bonds. The highest BCUT2D eigenvalue weighted by Gasteiger charge is 2.32. The second kappa shape index (κ2) is 8.93. The molecule has 3 aromatic rings. The van der Waals surface area contributed by atoms with Crippen LogP contribution in [0.1, 0.15) is 34.5 Å². The lowest BCUT2D eigenvalue weighted by atomic mass is 9.89. The van der Waals surface area contributed by atoms with Crippen molar-refractivity contribution in [2.75, 3.05) is 0 Å². The van der Waals surface area contributed by atoms with Gasteiger partial charge in [-0.15, -0.1) is 0 Å². The van der Waals surface area contributed by atoms with E-state index in [1.165, 1.54) is 0 Å². The minimum absolute atomic E-state index is 0.0431. The number of Topliss-reactive ketones (excluding diaryl/α,β-unsaturated/α-hetero) is 1. The van der Waals surface area contributed by atoms with Crippen LogP contribution in [0.3, 0.4) is 0 Å². The molecular weight excluding hydrogens is 392 g/mol. The largest absolute Gasteiger partial charge is 0.489 e. The maximum Gasteiger partial charge on any atom is 0.193 e. The number of carbonyl (C=O) groups is 1. The molecule has 1 atom stereocenters. The second-order valence-corrected chi connectivity index (χ2v) is 7.49. The molecular formula is C25H22N2O2S. The molecule has 0 spiro atoms. The minimum Gasteiger partial charge on any atom is -0.489 e. The van der Waals surface area contributed by atoms with Gasteiger partial charge in [0.15, 0.2) is 10.9 Å². The van der Waals surface area contributed by atoms with Crippen molar-refractivity contribution in [1.82, 2.24) is 10.6 Å². The van der Waals surface area contributed by atoms with Crippen molar-refractivity contribution in [3.63, 3.8) is 0 Å². The van der Waals surface area contributed by atoms with Crippen LogP contribution in [-0.4, -0.2) is 10.9 Å². The van der Waals surface area contributed by atoms with E-state index in [0.29, 0.717) is 22.9 Å². The molecule has 1 aliphatic heterocycles. The van der Waals surface area contributed by atoms with Crippen LogP contribution in [0.2, 0.25) is 0 Å². The van der Waals surface area contributed by atoms with Gasteiger partial charge in [0, 0.05) is 22.4 Å². The minimum atomic E-state index is -0.404. The van der Waals surface area contributed by atoms with Crippen molar-refractivity contribution in [2.24, 2.45) is 0 Å². The van der Waals surface area contributed by atoms with Gasteiger partial charge in [-0.3, -0.25) is 4.79 Å². The third kappa shape index (κ3) is 4.26. The lowest BCUT2D eigenvalue weighted by molar-refractivity contribution is 0.102. The summed E-state index contributed by atoms with van der Waals surface area (Å²) >= 11 is 5.39. The Morgan fingerprint density at radius 2 is 1.57 bits per heavy atom. The fourth-order valence-corrected chi connectivity index (χ4v) is 3.83. The van der Waals surface area contributed by atoms with E-state index in [-0.39, 0.29) is 5.78 Å². The molecule has 0 fully saturated rings. The van der Waals surface area contributed by atoms with Crippen molar-refractivity contribution >= 4 is 23.1 Å². The summed E-state index contributed by atoms with van der Waals surface area (Å²) in [6, 6.07) is 26.6. The molecule has 0 radical (unpaired) electrons. The maximum absolute atomic E-state index is 13.4. The highest BCUT2D eigenvalue weighted by Crippen LogP contribution is 2.35. The number of hydrogen-bond acceptors (Lipinski definition) is 3. The first-order chi connectivity index (χ1) is 14.6. The molecule has 1 unspecified atom stereocenters. The highest BCUT2D eigenvalue weighted by molar-refractivity contribution is 7.80. The predicted molar refractivity (Wildman–Crippen MR) is 122 cm³/mol. The molecule has 1 heterocycles. The van der Waals surface area contributed by atoms with Gasteiger partial charge in [0.25, 0.3) is 0 Å². The quantitative estimate of drug-likeness (QED) is 0.442. The van der Waals surface area contributed by atoms with Gasteiger partial charge in [-0.05, 0) is 30.8 Å². The molecule has 2 N–H and O–H groups in total. The molecule has 0 bridgehead atoms. The summed E-state index contributed by atoms with van der Waals surface area (Å²) in [5.74, 6) is 0.674. The Balaban J connectivity index is 1.70. The van der Waals surface area contributed by atoms with Crippen LogP contribution in [0.5, 0.6) is 5.75 Å². The molecule has 0 saturated heterocycles. The summed E-state index contributed by atoms with van der Waals surface area (Å²) < 4.78 is 6.14. The molecule has 4 nitrogen and oxygen atoms in total. The van der Waals surface area contributed by atoms with E-state index in [2.05, 4.69) is 10.6 Å². The van der Waals surface area contributed by atoms with E-state index in [4.69, 9.17) is 17.0 Å². The van der Waals surface area contributed by atoms with Crippen LogP contribution in [0.25, 0.3) is 0 Å². The van der Waals surface area contributed by atoms with Crippen LogP contribution in [0, 0.1) is 0 Å². The Morgan fingerprint density at radius 3 is 2.30 bits per heavy atom. The first kappa shape index (κ1) is 19.9. The first-order valence-corrected chi connectivity index (χ1v) is 10.2. The van der Waals surface area contributed by atoms with Gasteiger partial charge in [-0.2, -0.15) is 0 Å². The van der Waals surface area contributed by atoms with Crippen LogP contribution in [-0.2, 0) is 6.61 Å². The predicted octanol–water partition coefficient (Wildman–Crippen LogP) is 4.94. The molecule has 0 aromatic heterocycles. The number of ketones is 1. The smallest absolute Gasteiger partial charge is 0.193 e. The summed E-state index contributed by atoms with van der Waals surface area (Å²) in [4.78, 5) is 13.4. The molecule has 0 saturated carbocycles. The summed E-state index contributed by atoms with van der Waals surface area (Å²) in [7, 11) is 0. The van der Waals surface area contributed by atoms with E-state index >= 15 is 0 Å². The number of thiocarbonyl (C=S) groups is 1. The van der Waals surface area contributed by atoms with E-state index in [1.54, 1.807) is 0 Å². The van der Waals surface area contributed by atoms with Crippen LogP contribution >= 0.6 is 12.2 Å². The zero-order valence-electron chi connectivity index (χ0n) is 16.6. The monoisotopic (exact) mass is 414 g/mol. The van der Waals surface area contributed by atoms with Gasteiger partial charge in [0.1, 0.15) is 12.4 Å². The Labute approximate surface area is 181 Å². The fraction of sp³-hybridized carbons (Fsp3) is 0.120. The molecule has 4 rings (SSSR count). The van der Waals surface area contributed by atoms with E-state index in [9.17, 15) is 4.79 Å². The Hall–Kier alpha value is -3.44. The molecule has 1 aliphatic rings. The number of benzene rings is 3. The number of para-hydroxylation sites is 1. The number of nitrogens with one attached hydrogen (secondary N) is 2. The van der Waals surface area contributed by atoms with Gasteiger partial charge >= 0.3 is 0 Å². The van der Waals surface area contributed by atoms with Gasteiger partial charge in [0.05, 0.1) is 6.04 Å². The molecule has 150 valence electrons. The first-order valence-electron chi connectivity index (χ1n) is 9.77. The standard InChI is InChI=1S/C25H22N2O2S/c1-17-22(24(28)19-12-6-3-7-13-19)23(27-25(30)26-17)20-14-8-9-15-21(20)29-16-18-10-4-2-5-11-18/h2-15,23H,16H2,1H3,(H2,26,27,30). The number of carbonyl (C=O) groups excluding carboxylic acids is 1. The third-order valence-electron chi connectivity index (χ3n) is 5.02. The summed E-state index contributed by atoms with van der Waals surface area (Å²) in [6.07, 6.45) is 0. The Kier molecular flexibility index (Phi) is 5.91. The Bertz CT molecular complexity index is 1090. The third-order valence-corrected chi connectivity index (χ3v) is 5.24. The van der Waals surface area contributed by atoms with Crippen molar-refractivity contribution in [3.8, 4) is 5.75 Å². The van der Waals surface area contributed by atoms with Crippen molar-refractivity contribution in [3.05, 3.63) is 113 Å².